The van der Waals surface area contributed by atoms with Gasteiger partial charge in [0.25, 0.3) is 5.71 Å². The number of hydrogen-bond donors (Lipinski definition) is 2. The fraction of sp³-hybridized carbons (Fsp3) is 0.500. The highest BCUT2D eigenvalue weighted by Gasteiger charge is 2.21. The third kappa shape index (κ3) is 1.67. The van der Waals surface area contributed by atoms with E-state index in [1.165, 1.54) is 25.7 Å². The van der Waals surface area contributed by atoms with Crippen molar-refractivity contribution < 1.29 is 4.52 Å². The van der Waals surface area contributed by atoms with Crippen molar-refractivity contribution in [3.63, 3.8) is 0 Å². The van der Waals surface area contributed by atoms with E-state index in [0.717, 1.165) is 22.5 Å². The minimum absolute atomic E-state index is 0.539. The Morgan fingerprint density at radius 1 is 1.41 bits per heavy atom. The zero-order valence-corrected chi connectivity index (χ0v) is 9.86. The molecule has 0 aliphatic heterocycles. The van der Waals surface area contributed by atoms with Gasteiger partial charge in [0.05, 0.1) is 16.8 Å². The van der Waals surface area contributed by atoms with Crippen molar-refractivity contribution in [3.05, 3.63) is 17.5 Å². The molecule has 1 aliphatic rings. The topological polar surface area (TPSA) is 77.0 Å². The molecule has 2 aromatic heterocycles. The Labute approximate surface area is 99.3 Å². The van der Waals surface area contributed by atoms with Crippen LogP contribution in [0.25, 0.3) is 11.1 Å². The molecule has 5 heteroatoms. The van der Waals surface area contributed by atoms with Crippen molar-refractivity contribution in [3.8, 4) is 0 Å². The van der Waals surface area contributed by atoms with Crippen LogP contribution in [0.5, 0.6) is 0 Å². The second-order valence-electron chi connectivity index (χ2n) is 4.67. The first kappa shape index (κ1) is 10.5. The fourth-order valence-corrected chi connectivity index (χ4v) is 2.66. The number of hydrazine groups is 1. The monoisotopic (exact) mass is 232 g/mol. The first-order valence-electron chi connectivity index (χ1n) is 6.03. The van der Waals surface area contributed by atoms with Crippen LogP contribution in [0, 0.1) is 6.92 Å². The van der Waals surface area contributed by atoms with Gasteiger partial charge in [0.2, 0.25) is 0 Å². The molecule has 2 aromatic rings. The molecule has 0 unspecified atom stereocenters. The maximum atomic E-state index is 5.56. The largest absolute Gasteiger partial charge is 0.335 e. The number of nitrogens with two attached hydrogens (primary N) is 1. The summed E-state index contributed by atoms with van der Waals surface area (Å²) in [5.74, 6) is 6.10. The van der Waals surface area contributed by atoms with Crippen LogP contribution in [0.4, 0.5) is 5.69 Å². The van der Waals surface area contributed by atoms with Crippen molar-refractivity contribution in [1.82, 2.24) is 10.1 Å². The van der Waals surface area contributed by atoms with Gasteiger partial charge in [0.1, 0.15) is 0 Å². The molecule has 1 saturated carbocycles. The van der Waals surface area contributed by atoms with E-state index in [4.69, 9.17) is 10.4 Å². The smallest absolute Gasteiger partial charge is 0.260 e. The number of rotatable bonds is 2. The van der Waals surface area contributed by atoms with Crippen molar-refractivity contribution in [2.24, 2.45) is 5.84 Å². The molecule has 3 N–H and O–H groups in total. The summed E-state index contributed by atoms with van der Waals surface area (Å²) in [4.78, 5) is 4.56. The summed E-state index contributed by atoms with van der Waals surface area (Å²) in [6.07, 6.45) is 4.97. The summed E-state index contributed by atoms with van der Waals surface area (Å²) >= 11 is 0. The highest BCUT2D eigenvalue weighted by atomic mass is 16.5. The van der Waals surface area contributed by atoms with E-state index in [1.54, 1.807) is 0 Å². The standard InChI is InChI=1S/C12H16N4O/c1-7-11-10(15-13)6-9(8-4-2-3-5-8)14-12(11)17-16-7/h6,8H,2-5,13H2,1H3,(H,14,15). The SMILES string of the molecule is Cc1noc2nc(C3CCCC3)cc(NN)c12. The maximum absolute atomic E-state index is 5.56. The predicted octanol–water partition coefficient (Wildman–Crippen LogP) is 2.47. The molecule has 0 saturated heterocycles. The number of pyridine rings is 1. The quantitative estimate of drug-likeness (QED) is 0.614. The summed E-state index contributed by atoms with van der Waals surface area (Å²) in [6.45, 7) is 1.89. The highest BCUT2D eigenvalue weighted by molar-refractivity contribution is 5.90. The molecule has 0 spiro atoms. The van der Waals surface area contributed by atoms with Gasteiger partial charge < -0.3 is 9.95 Å². The lowest BCUT2D eigenvalue weighted by atomic mass is 10.0. The molecule has 0 amide bonds. The molecule has 2 heterocycles. The number of aryl methyl sites for hydroxylation is 1. The fourth-order valence-electron chi connectivity index (χ4n) is 2.66. The normalized spacial score (nSPS) is 16.8. The third-order valence-corrected chi connectivity index (χ3v) is 3.57. The Kier molecular flexibility index (Phi) is 2.48. The number of anilines is 1. The van der Waals surface area contributed by atoms with Gasteiger partial charge in [-0.2, -0.15) is 0 Å². The van der Waals surface area contributed by atoms with Gasteiger partial charge in [-0.3, -0.25) is 5.84 Å². The molecule has 1 aliphatic carbocycles. The van der Waals surface area contributed by atoms with Gasteiger partial charge in [-0.25, -0.2) is 4.98 Å². The van der Waals surface area contributed by atoms with E-state index in [0.29, 0.717) is 11.6 Å². The lowest BCUT2D eigenvalue weighted by Gasteiger charge is -2.10. The third-order valence-electron chi connectivity index (χ3n) is 3.57. The number of nitrogens with one attached hydrogen (secondary N) is 1. The van der Waals surface area contributed by atoms with Crippen molar-refractivity contribution in [2.45, 2.75) is 38.5 Å². The Hall–Kier alpha value is -1.62. The van der Waals surface area contributed by atoms with Gasteiger partial charge in [0.15, 0.2) is 0 Å². The van der Waals surface area contributed by atoms with Gasteiger partial charge >= 0.3 is 0 Å². The first-order chi connectivity index (χ1) is 8.29. The van der Waals surface area contributed by atoms with Crippen LogP contribution in [0.3, 0.4) is 0 Å². The molecule has 5 nitrogen and oxygen atoms in total. The molecule has 0 atom stereocenters. The Morgan fingerprint density at radius 3 is 2.88 bits per heavy atom. The van der Waals surface area contributed by atoms with Crippen LogP contribution < -0.4 is 11.3 Å². The Bertz CT molecular complexity index is 543. The molecule has 90 valence electrons. The summed E-state index contributed by atoms with van der Waals surface area (Å²) in [5.41, 5.74) is 6.05. The van der Waals surface area contributed by atoms with E-state index in [-0.39, 0.29) is 0 Å². The minimum Gasteiger partial charge on any atom is -0.335 e. The summed E-state index contributed by atoms with van der Waals surface area (Å²) in [7, 11) is 0. The van der Waals surface area contributed by atoms with E-state index >= 15 is 0 Å². The minimum atomic E-state index is 0.539. The number of fused-ring (bicyclic) bond motifs is 1. The molecule has 0 bridgehead atoms. The average Bonchev–Trinajstić information content (AvgIpc) is 2.98. The van der Waals surface area contributed by atoms with Crippen LogP contribution in [-0.4, -0.2) is 10.1 Å². The van der Waals surface area contributed by atoms with E-state index in [2.05, 4.69) is 15.6 Å². The van der Waals surface area contributed by atoms with E-state index in [9.17, 15) is 0 Å². The van der Waals surface area contributed by atoms with Crippen LogP contribution in [0.1, 0.15) is 43.0 Å². The van der Waals surface area contributed by atoms with Crippen molar-refractivity contribution >= 4 is 16.8 Å². The summed E-state index contributed by atoms with van der Waals surface area (Å²) in [6, 6.07) is 2.03. The van der Waals surface area contributed by atoms with Gasteiger partial charge in [0, 0.05) is 11.6 Å². The summed E-state index contributed by atoms with van der Waals surface area (Å²) < 4.78 is 5.23. The van der Waals surface area contributed by atoms with Gasteiger partial charge in [-0.1, -0.05) is 18.0 Å². The van der Waals surface area contributed by atoms with Crippen LogP contribution in [0.2, 0.25) is 0 Å². The lowest BCUT2D eigenvalue weighted by Crippen LogP contribution is -2.09. The number of nitrogen functional groups attached to an aromatic ring is 1. The lowest BCUT2D eigenvalue weighted by molar-refractivity contribution is 0.441. The first-order valence-corrected chi connectivity index (χ1v) is 6.03. The van der Waals surface area contributed by atoms with Gasteiger partial charge in [-0.15, -0.1) is 0 Å². The maximum Gasteiger partial charge on any atom is 0.260 e. The van der Waals surface area contributed by atoms with Crippen LogP contribution in [0.15, 0.2) is 10.6 Å². The molecule has 1 fully saturated rings. The van der Waals surface area contributed by atoms with Crippen LogP contribution in [-0.2, 0) is 0 Å². The molecular formula is C12H16N4O. The number of nitrogens with zero attached hydrogens (tertiary/aromatic N) is 2. The molecule has 0 aromatic carbocycles. The Morgan fingerprint density at radius 2 is 2.18 bits per heavy atom. The number of aromatic nitrogens is 2. The zero-order valence-electron chi connectivity index (χ0n) is 9.86. The van der Waals surface area contributed by atoms with Gasteiger partial charge in [-0.05, 0) is 25.8 Å². The Balaban J connectivity index is 2.14. The summed E-state index contributed by atoms with van der Waals surface area (Å²) in [5, 5.41) is 4.82. The van der Waals surface area contributed by atoms with Crippen LogP contribution >= 0.6 is 0 Å². The van der Waals surface area contributed by atoms with Crippen molar-refractivity contribution in [2.75, 3.05) is 5.43 Å². The molecule has 0 radical (unpaired) electrons. The van der Waals surface area contributed by atoms with Crippen molar-refractivity contribution in [1.29, 1.82) is 0 Å². The zero-order chi connectivity index (χ0) is 11.8. The second kappa shape index (κ2) is 4.00. The predicted molar refractivity (Wildman–Crippen MR) is 65.6 cm³/mol. The average molecular weight is 232 g/mol. The highest BCUT2D eigenvalue weighted by Crippen LogP contribution is 2.36. The number of hydrogen-bond acceptors (Lipinski definition) is 5. The van der Waals surface area contributed by atoms with E-state index < -0.39 is 0 Å². The van der Waals surface area contributed by atoms with E-state index in [1.807, 2.05) is 13.0 Å². The second-order valence-corrected chi connectivity index (χ2v) is 4.67. The molecule has 3 rings (SSSR count). The molecule has 17 heavy (non-hydrogen) atoms. The molecular weight excluding hydrogens is 216 g/mol.